The molecule has 0 saturated heterocycles. The molecule has 2 heterocycles. The first-order chi connectivity index (χ1) is 18.3. The van der Waals surface area contributed by atoms with E-state index in [-0.39, 0.29) is 24.3 Å². The third kappa shape index (κ3) is 5.50. The molecule has 0 unspecified atom stereocenters. The number of hydrogen-bond donors (Lipinski definition) is 1. The Morgan fingerprint density at radius 1 is 1.03 bits per heavy atom. The van der Waals surface area contributed by atoms with E-state index in [2.05, 4.69) is 41.5 Å². The second kappa shape index (κ2) is 10.8. The highest BCUT2D eigenvalue weighted by Gasteiger charge is 2.39. The van der Waals surface area contributed by atoms with Gasteiger partial charge in [0.15, 0.2) is 5.17 Å². The number of nitrogens with one attached hydrogen (secondary N) is 1. The summed E-state index contributed by atoms with van der Waals surface area (Å²) in [7, 11) is 1.64. The molecular formula is C30H30N4O3S. The number of hydrogen-bond acceptors (Lipinski definition) is 6. The van der Waals surface area contributed by atoms with Gasteiger partial charge in [-0.3, -0.25) is 9.59 Å². The van der Waals surface area contributed by atoms with Crippen molar-refractivity contribution in [2.75, 3.05) is 12.4 Å². The highest BCUT2D eigenvalue weighted by atomic mass is 32.2. The van der Waals surface area contributed by atoms with Crippen LogP contribution >= 0.6 is 11.8 Å². The second-order valence-electron chi connectivity index (χ2n) is 9.66. The highest BCUT2D eigenvalue weighted by molar-refractivity contribution is 8.15. The summed E-state index contributed by atoms with van der Waals surface area (Å²) in [6, 6.07) is 21.9. The number of thioether (sulfide) groups is 1. The van der Waals surface area contributed by atoms with Crippen molar-refractivity contribution in [3.05, 3.63) is 94.5 Å². The van der Waals surface area contributed by atoms with Crippen LogP contribution in [0.5, 0.6) is 5.75 Å². The van der Waals surface area contributed by atoms with Crippen molar-refractivity contribution < 1.29 is 14.3 Å². The highest BCUT2D eigenvalue weighted by Crippen LogP contribution is 2.39. The van der Waals surface area contributed by atoms with E-state index in [1.807, 2.05) is 61.3 Å². The lowest BCUT2D eigenvalue weighted by atomic mass is 9.98. The number of anilines is 1. The summed E-state index contributed by atoms with van der Waals surface area (Å²) in [6.45, 7) is 6.02. The summed E-state index contributed by atoms with van der Waals surface area (Å²) >= 11 is 1.30. The molecule has 0 spiro atoms. The van der Waals surface area contributed by atoms with Gasteiger partial charge in [-0.15, -0.1) is 0 Å². The monoisotopic (exact) mass is 526 g/mol. The number of amidine groups is 1. The number of carbonyl (C=O) groups is 2. The second-order valence-corrected chi connectivity index (χ2v) is 10.8. The molecule has 0 radical (unpaired) electrons. The molecule has 38 heavy (non-hydrogen) atoms. The number of aliphatic imine (C=N–C) groups is 1. The topological polar surface area (TPSA) is 83.4 Å². The summed E-state index contributed by atoms with van der Waals surface area (Å²) in [5.74, 6) is 0.261. The van der Waals surface area contributed by atoms with Crippen molar-refractivity contribution in [3.63, 3.8) is 0 Å². The number of carbonyl (C=O) groups excluding carboxylic acids is 2. The summed E-state index contributed by atoms with van der Waals surface area (Å²) < 4.78 is 5.30. The molecule has 194 valence electrons. The number of methoxy groups -OCH3 is 1. The van der Waals surface area contributed by atoms with Crippen LogP contribution < -0.4 is 10.1 Å². The van der Waals surface area contributed by atoms with Gasteiger partial charge in [0.2, 0.25) is 5.91 Å². The van der Waals surface area contributed by atoms with Crippen molar-refractivity contribution in [1.82, 2.24) is 5.01 Å². The van der Waals surface area contributed by atoms with Gasteiger partial charge in [0.05, 0.1) is 18.9 Å². The summed E-state index contributed by atoms with van der Waals surface area (Å²) in [6.07, 6.45) is 0.711. The van der Waals surface area contributed by atoms with Crippen LogP contribution in [0.4, 0.5) is 5.69 Å². The van der Waals surface area contributed by atoms with E-state index in [0.29, 0.717) is 11.6 Å². The van der Waals surface area contributed by atoms with Gasteiger partial charge in [0.25, 0.3) is 5.91 Å². The Morgan fingerprint density at radius 3 is 2.42 bits per heavy atom. The Labute approximate surface area is 227 Å². The van der Waals surface area contributed by atoms with E-state index in [4.69, 9.17) is 9.84 Å². The number of nitrogens with zero attached hydrogens (tertiary/aromatic N) is 3. The van der Waals surface area contributed by atoms with Gasteiger partial charge in [0.1, 0.15) is 11.0 Å². The SMILES string of the molecule is COc1ccc(C2=NN(C3=NC(=O)[C@@H](CC(=O)Nc4ccc(C)cc4C)S3)[C@H](c3ccc(C)cc3)C2)cc1. The lowest BCUT2D eigenvalue weighted by Gasteiger charge is -2.23. The van der Waals surface area contributed by atoms with Gasteiger partial charge in [-0.25, -0.2) is 5.01 Å². The third-order valence-electron chi connectivity index (χ3n) is 6.75. The van der Waals surface area contributed by atoms with Crippen LogP contribution in [-0.2, 0) is 9.59 Å². The lowest BCUT2D eigenvalue weighted by molar-refractivity contribution is -0.121. The van der Waals surface area contributed by atoms with E-state index in [9.17, 15) is 9.59 Å². The van der Waals surface area contributed by atoms with Gasteiger partial charge in [-0.2, -0.15) is 10.1 Å². The molecule has 0 aromatic heterocycles. The van der Waals surface area contributed by atoms with Crippen LogP contribution in [0, 0.1) is 20.8 Å². The number of amides is 2. The minimum Gasteiger partial charge on any atom is -0.497 e. The van der Waals surface area contributed by atoms with E-state index in [0.717, 1.165) is 39.4 Å². The molecule has 2 atom stereocenters. The molecule has 2 aliphatic heterocycles. The van der Waals surface area contributed by atoms with Crippen molar-refractivity contribution in [1.29, 1.82) is 0 Å². The number of benzene rings is 3. The number of aryl methyl sites for hydroxylation is 3. The summed E-state index contributed by atoms with van der Waals surface area (Å²) in [4.78, 5) is 30.0. The summed E-state index contributed by atoms with van der Waals surface area (Å²) in [5.41, 5.74) is 7.03. The first-order valence-corrected chi connectivity index (χ1v) is 13.4. The molecule has 1 N–H and O–H groups in total. The van der Waals surface area contributed by atoms with Crippen molar-refractivity contribution in [3.8, 4) is 5.75 Å². The Balaban J connectivity index is 1.35. The zero-order valence-corrected chi connectivity index (χ0v) is 22.7. The average Bonchev–Trinajstić information content (AvgIpc) is 3.50. The quantitative estimate of drug-likeness (QED) is 0.439. The van der Waals surface area contributed by atoms with Crippen LogP contribution in [0.3, 0.4) is 0 Å². The van der Waals surface area contributed by atoms with Crippen LogP contribution in [0.2, 0.25) is 0 Å². The Hall–Kier alpha value is -3.91. The maximum absolute atomic E-state index is 12.9. The number of rotatable bonds is 6. The van der Waals surface area contributed by atoms with Crippen LogP contribution in [0.25, 0.3) is 0 Å². The Morgan fingerprint density at radius 2 is 1.74 bits per heavy atom. The largest absolute Gasteiger partial charge is 0.497 e. The Bertz CT molecular complexity index is 1430. The van der Waals surface area contributed by atoms with Gasteiger partial charge in [-0.05, 0) is 67.8 Å². The molecular weight excluding hydrogens is 496 g/mol. The van der Waals surface area contributed by atoms with Gasteiger partial charge in [0, 0.05) is 18.5 Å². The fraction of sp³-hybridized carbons (Fsp3) is 0.267. The molecule has 7 nitrogen and oxygen atoms in total. The molecule has 0 saturated carbocycles. The zero-order valence-electron chi connectivity index (χ0n) is 21.9. The predicted molar refractivity (Wildman–Crippen MR) is 153 cm³/mol. The van der Waals surface area contributed by atoms with E-state index in [1.54, 1.807) is 7.11 Å². The smallest absolute Gasteiger partial charge is 0.262 e. The molecule has 3 aromatic rings. The van der Waals surface area contributed by atoms with E-state index < -0.39 is 5.25 Å². The fourth-order valence-corrected chi connectivity index (χ4v) is 5.68. The van der Waals surface area contributed by atoms with Crippen molar-refractivity contribution in [2.24, 2.45) is 10.1 Å². The van der Waals surface area contributed by atoms with Gasteiger partial charge in [-0.1, -0.05) is 59.3 Å². The van der Waals surface area contributed by atoms with Gasteiger partial charge < -0.3 is 10.1 Å². The van der Waals surface area contributed by atoms with Crippen LogP contribution in [0.1, 0.15) is 46.7 Å². The zero-order chi connectivity index (χ0) is 26.8. The van der Waals surface area contributed by atoms with E-state index >= 15 is 0 Å². The summed E-state index contributed by atoms with van der Waals surface area (Å²) in [5, 5.41) is 9.63. The molecule has 2 aliphatic rings. The van der Waals surface area contributed by atoms with Gasteiger partial charge >= 0.3 is 0 Å². The predicted octanol–water partition coefficient (Wildman–Crippen LogP) is 5.80. The minimum absolute atomic E-state index is 0.0436. The Kier molecular flexibility index (Phi) is 7.33. The molecule has 0 fully saturated rings. The molecule has 2 amide bonds. The first kappa shape index (κ1) is 25.7. The molecule has 5 rings (SSSR count). The third-order valence-corrected chi connectivity index (χ3v) is 7.89. The van der Waals surface area contributed by atoms with E-state index in [1.165, 1.54) is 17.3 Å². The molecule has 0 aliphatic carbocycles. The van der Waals surface area contributed by atoms with Crippen LogP contribution in [0.15, 0.2) is 76.8 Å². The molecule has 8 heteroatoms. The molecule has 0 bridgehead atoms. The number of hydrazone groups is 1. The normalized spacial score (nSPS) is 18.8. The lowest BCUT2D eigenvalue weighted by Crippen LogP contribution is -2.25. The minimum atomic E-state index is -0.588. The molecule has 3 aromatic carbocycles. The van der Waals surface area contributed by atoms with Crippen LogP contribution in [-0.4, -0.2) is 40.1 Å². The standard InChI is InChI=1S/C30H30N4O3S/c1-18-5-8-22(9-6-18)26-16-25(21-10-12-23(37-4)13-11-21)33-34(26)30-32-29(36)27(38-30)17-28(35)31-24-14-7-19(2)15-20(24)3/h5-15,26-27H,16-17H2,1-4H3,(H,31,35)/t26-,27+/m0/s1. The first-order valence-electron chi connectivity index (χ1n) is 12.5. The maximum atomic E-state index is 12.9. The maximum Gasteiger partial charge on any atom is 0.262 e. The average molecular weight is 527 g/mol. The fourth-order valence-electron chi connectivity index (χ4n) is 4.62. The van der Waals surface area contributed by atoms with Crippen molar-refractivity contribution >= 4 is 40.1 Å². The number of ether oxygens (including phenoxy) is 1. The van der Waals surface area contributed by atoms with Crippen molar-refractivity contribution in [2.45, 2.75) is 44.9 Å².